The fraction of sp³-hybridized carbons (Fsp3) is 0.148. The molecular weight excluding hydrogens is 761 g/mol. The van der Waals surface area contributed by atoms with Crippen LogP contribution in [-0.2, 0) is 5.41 Å². The largest absolute Gasteiger partial charge is 0.334 e. The van der Waals surface area contributed by atoms with Gasteiger partial charge >= 0.3 is 0 Å². The van der Waals surface area contributed by atoms with Crippen molar-refractivity contribution in [3.8, 4) is 11.1 Å². The first-order valence-electron chi connectivity index (χ1n) is 22.9. The lowest BCUT2D eigenvalue weighted by atomic mass is 9.65. The number of anilines is 4. The van der Waals surface area contributed by atoms with Crippen LogP contribution in [0.1, 0.15) is 65.8 Å². The molecule has 6 aromatic rings. The summed E-state index contributed by atoms with van der Waals surface area (Å²) in [5.41, 5.74) is 19.6. The van der Waals surface area contributed by atoms with E-state index in [9.17, 15) is 0 Å². The lowest BCUT2D eigenvalue weighted by Crippen LogP contribution is -2.33. The minimum absolute atomic E-state index is 0.164. The first-order chi connectivity index (χ1) is 31.3. The lowest BCUT2D eigenvalue weighted by Gasteiger charge is -2.37. The van der Waals surface area contributed by atoms with Crippen LogP contribution in [0, 0.1) is 5.92 Å². The van der Waals surface area contributed by atoms with Gasteiger partial charge in [0.05, 0.1) is 11.5 Å². The molecule has 0 fully saturated rings. The van der Waals surface area contributed by atoms with Crippen LogP contribution >= 0.6 is 0 Å². The minimum Gasteiger partial charge on any atom is -0.334 e. The second-order valence-electron chi connectivity index (χ2n) is 17.7. The molecule has 0 N–H and O–H groups in total. The van der Waals surface area contributed by atoms with Gasteiger partial charge in [-0.2, -0.15) is 0 Å². The molecule has 0 aliphatic heterocycles. The molecule has 12 rings (SSSR count). The highest BCUT2D eigenvalue weighted by molar-refractivity contribution is 5.90. The Hall–Kier alpha value is -7.16. The van der Waals surface area contributed by atoms with Crippen LogP contribution < -0.4 is 9.80 Å². The van der Waals surface area contributed by atoms with Crippen molar-refractivity contribution >= 4 is 28.3 Å². The van der Waals surface area contributed by atoms with E-state index in [2.05, 4.69) is 234 Å². The number of nitrogens with zero attached hydrogens (tertiary/aromatic N) is 2. The Bertz CT molecular complexity index is 2990. The van der Waals surface area contributed by atoms with Crippen molar-refractivity contribution < 1.29 is 0 Å². The number of hydrogen-bond donors (Lipinski definition) is 0. The van der Waals surface area contributed by atoms with Crippen molar-refractivity contribution in [1.29, 1.82) is 0 Å². The van der Waals surface area contributed by atoms with E-state index in [1.54, 1.807) is 0 Å². The van der Waals surface area contributed by atoms with E-state index >= 15 is 0 Å². The molecule has 63 heavy (non-hydrogen) atoms. The first kappa shape index (κ1) is 37.6. The molecule has 0 saturated heterocycles. The standard InChI is InChI=1S/C61H50N2/c1-5-20-43(21-6-1)45-24-17-30-49(40-45)62(47-26-9-3-10-27-47)51-38-39-53-52-32-13-15-34-55(52)61(58(53)42-51)56-35-16-14-33-54(56)60-57(61)36-19-37-59(60)63(48-28-11-4-12-29-48)50-31-18-25-46(41-50)44-22-7-2-8-23-44/h1-7,9-16,18-22,24-29,31-40,42,50,54,56H,8,17,23,30,41H2. The number of fused-ring (bicyclic) bond motifs is 10. The van der Waals surface area contributed by atoms with Gasteiger partial charge in [-0.15, -0.1) is 0 Å². The Balaban J connectivity index is 1.05. The van der Waals surface area contributed by atoms with E-state index in [0.717, 1.165) is 32.1 Å². The van der Waals surface area contributed by atoms with Gasteiger partial charge in [0, 0.05) is 40.3 Å². The predicted molar refractivity (Wildman–Crippen MR) is 264 cm³/mol. The van der Waals surface area contributed by atoms with Gasteiger partial charge in [0.1, 0.15) is 0 Å². The average molecular weight is 811 g/mol. The van der Waals surface area contributed by atoms with Crippen molar-refractivity contribution in [2.24, 2.45) is 5.92 Å². The molecule has 0 amide bonds. The molecule has 2 nitrogen and oxygen atoms in total. The quantitative estimate of drug-likeness (QED) is 0.151. The Morgan fingerprint density at radius 1 is 0.524 bits per heavy atom. The summed E-state index contributed by atoms with van der Waals surface area (Å²) in [5.74, 6) is 0.380. The SMILES string of the molecule is C1=CCCC(C2=CC=CC(N(c3ccccc3)c3cccc4c3C3C=CC=CC3C43c4ccccc4-c4ccc(N(C5=CC(c6ccccc6)=CCC5)c5ccccc5)cc43)C2)=C1. The fourth-order valence-corrected chi connectivity index (χ4v) is 11.8. The lowest BCUT2D eigenvalue weighted by molar-refractivity contribution is 0.465. The molecule has 0 aromatic heterocycles. The molecule has 0 radical (unpaired) electrons. The summed E-state index contributed by atoms with van der Waals surface area (Å²) in [6.45, 7) is 0. The van der Waals surface area contributed by atoms with Crippen LogP contribution in [0.15, 0.2) is 241 Å². The summed E-state index contributed by atoms with van der Waals surface area (Å²) in [6.07, 6.45) is 33.5. The maximum absolute atomic E-state index is 2.66. The highest BCUT2D eigenvalue weighted by Crippen LogP contribution is 2.67. The van der Waals surface area contributed by atoms with Gasteiger partial charge in [-0.05, 0) is 136 Å². The Labute approximate surface area is 372 Å². The van der Waals surface area contributed by atoms with Gasteiger partial charge in [0.2, 0.25) is 0 Å². The smallest absolute Gasteiger partial charge is 0.0565 e. The van der Waals surface area contributed by atoms with Crippen molar-refractivity contribution in [2.75, 3.05) is 9.80 Å². The van der Waals surface area contributed by atoms with Crippen LogP contribution in [-0.4, -0.2) is 6.04 Å². The van der Waals surface area contributed by atoms with Gasteiger partial charge in [-0.25, -0.2) is 0 Å². The van der Waals surface area contributed by atoms with Gasteiger partial charge < -0.3 is 9.80 Å². The van der Waals surface area contributed by atoms with Gasteiger partial charge in [-0.3, -0.25) is 0 Å². The molecule has 0 saturated carbocycles. The summed E-state index contributed by atoms with van der Waals surface area (Å²) < 4.78 is 0. The van der Waals surface area contributed by atoms with Crippen LogP contribution in [0.5, 0.6) is 0 Å². The van der Waals surface area contributed by atoms with Gasteiger partial charge in [0.25, 0.3) is 0 Å². The molecule has 6 aliphatic rings. The van der Waals surface area contributed by atoms with E-state index in [-0.39, 0.29) is 17.9 Å². The third kappa shape index (κ3) is 6.15. The molecule has 0 heterocycles. The zero-order chi connectivity index (χ0) is 41.7. The monoisotopic (exact) mass is 810 g/mol. The maximum Gasteiger partial charge on any atom is 0.0565 e. The summed E-state index contributed by atoms with van der Waals surface area (Å²) in [4.78, 5) is 5.19. The predicted octanol–water partition coefficient (Wildman–Crippen LogP) is 15.4. The van der Waals surface area contributed by atoms with Gasteiger partial charge in [-0.1, -0.05) is 176 Å². The van der Waals surface area contributed by atoms with Crippen LogP contribution in [0.25, 0.3) is 16.7 Å². The third-order valence-electron chi connectivity index (χ3n) is 14.4. The van der Waals surface area contributed by atoms with E-state index in [0.29, 0.717) is 0 Å². The van der Waals surface area contributed by atoms with Crippen LogP contribution in [0.2, 0.25) is 0 Å². The number of para-hydroxylation sites is 2. The molecule has 4 unspecified atom stereocenters. The highest BCUT2D eigenvalue weighted by Gasteiger charge is 2.58. The number of benzene rings is 6. The molecule has 304 valence electrons. The Kier molecular flexibility index (Phi) is 9.33. The van der Waals surface area contributed by atoms with Crippen LogP contribution in [0.4, 0.5) is 22.7 Å². The second-order valence-corrected chi connectivity index (χ2v) is 17.7. The molecule has 6 aromatic carbocycles. The van der Waals surface area contributed by atoms with Crippen LogP contribution in [0.3, 0.4) is 0 Å². The van der Waals surface area contributed by atoms with E-state index < -0.39 is 5.41 Å². The van der Waals surface area contributed by atoms with Crippen molar-refractivity contribution in [3.63, 3.8) is 0 Å². The third-order valence-corrected chi connectivity index (χ3v) is 14.4. The van der Waals surface area contributed by atoms with E-state index in [4.69, 9.17) is 0 Å². The second kappa shape index (κ2) is 15.6. The normalized spacial score (nSPS) is 22.3. The Morgan fingerprint density at radius 2 is 1.25 bits per heavy atom. The van der Waals surface area contributed by atoms with E-state index in [1.807, 2.05) is 0 Å². The first-order valence-corrected chi connectivity index (χ1v) is 22.9. The van der Waals surface area contributed by atoms with E-state index in [1.165, 1.54) is 84.1 Å². The van der Waals surface area contributed by atoms with Crippen molar-refractivity contribution in [1.82, 2.24) is 0 Å². The summed E-state index contributed by atoms with van der Waals surface area (Å²) >= 11 is 0. The highest BCUT2D eigenvalue weighted by atomic mass is 15.2. The topological polar surface area (TPSA) is 6.48 Å². The summed E-state index contributed by atoms with van der Waals surface area (Å²) in [5, 5.41) is 0. The fourth-order valence-electron chi connectivity index (χ4n) is 11.8. The Morgan fingerprint density at radius 3 is 2.08 bits per heavy atom. The molecular formula is C61H50N2. The van der Waals surface area contributed by atoms with Gasteiger partial charge in [0.15, 0.2) is 0 Å². The van der Waals surface area contributed by atoms with Crippen molar-refractivity contribution in [2.45, 2.75) is 49.5 Å². The zero-order valence-corrected chi connectivity index (χ0v) is 35.5. The van der Waals surface area contributed by atoms with Crippen molar-refractivity contribution in [3.05, 3.63) is 269 Å². The summed E-state index contributed by atoms with van der Waals surface area (Å²) in [6, 6.07) is 57.0. The average Bonchev–Trinajstić information content (AvgIpc) is 3.83. The molecule has 6 aliphatic carbocycles. The molecule has 2 heteroatoms. The molecule has 1 spiro atoms. The number of hydrogen-bond acceptors (Lipinski definition) is 2. The number of allylic oxidation sites excluding steroid dienone is 14. The zero-order valence-electron chi connectivity index (χ0n) is 35.5. The molecule has 4 atom stereocenters. The maximum atomic E-state index is 2.66. The minimum atomic E-state index is -0.396. The number of rotatable bonds is 8. The molecule has 0 bridgehead atoms. The summed E-state index contributed by atoms with van der Waals surface area (Å²) in [7, 11) is 0.